The Bertz CT molecular complexity index is 1110. The van der Waals surface area contributed by atoms with Crippen molar-refractivity contribution in [3.8, 4) is 5.75 Å². The van der Waals surface area contributed by atoms with Crippen molar-refractivity contribution >= 4 is 23.7 Å². The van der Waals surface area contributed by atoms with E-state index >= 15 is 0 Å². The number of hydrogen-bond donors (Lipinski definition) is 1. The van der Waals surface area contributed by atoms with E-state index in [1.54, 1.807) is 12.1 Å². The number of amides is 1. The molecule has 0 radical (unpaired) electrons. The first-order valence-corrected chi connectivity index (χ1v) is 9.67. The number of rotatable bonds is 7. The first-order chi connectivity index (χ1) is 14.8. The second kappa shape index (κ2) is 9.43. The summed E-state index contributed by atoms with van der Waals surface area (Å²) in [5.74, 6) is 1.29. The molecule has 148 valence electrons. The summed E-state index contributed by atoms with van der Waals surface area (Å²) in [5, 5.41) is 2.85. The van der Waals surface area contributed by atoms with Gasteiger partial charge in [-0.25, -0.2) is 0 Å². The minimum Gasteiger partial charge on any atom is -0.486 e. The summed E-state index contributed by atoms with van der Waals surface area (Å²) in [6.45, 7) is 0.264. The van der Waals surface area contributed by atoms with Crippen LogP contribution in [0, 0.1) is 0 Å². The molecule has 3 aromatic carbocycles. The van der Waals surface area contributed by atoms with E-state index in [0.29, 0.717) is 11.4 Å². The van der Waals surface area contributed by atoms with Gasteiger partial charge >= 0.3 is 0 Å². The number of carbonyl (C=O) groups is 1. The lowest BCUT2D eigenvalue weighted by Crippen LogP contribution is -2.10. The van der Waals surface area contributed by atoms with Gasteiger partial charge in [-0.2, -0.15) is 0 Å². The molecule has 0 bridgehead atoms. The van der Waals surface area contributed by atoms with Gasteiger partial charge in [0.05, 0.1) is 0 Å². The molecular weight excluding hydrogens is 374 g/mol. The van der Waals surface area contributed by atoms with Crippen molar-refractivity contribution in [2.75, 3.05) is 5.32 Å². The Labute approximate surface area is 175 Å². The third-order valence-electron chi connectivity index (χ3n) is 4.45. The van der Waals surface area contributed by atoms with Crippen LogP contribution in [0.5, 0.6) is 5.75 Å². The maximum Gasteiger partial charge on any atom is 0.291 e. The van der Waals surface area contributed by atoms with E-state index in [4.69, 9.17) is 9.15 Å². The van der Waals surface area contributed by atoms with Crippen LogP contribution in [0.2, 0.25) is 0 Å². The molecule has 0 saturated heterocycles. The molecule has 0 aliphatic heterocycles. The molecule has 4 rings (SSSR count). The van der Waals surface area contributed by atoms with Gasteiger partial charge in [-0.15, -0.1) is 0 Å². The van der Waals surface area contributed by atoms with Crippen molar-refractivity contribution in [3.63, 3.8) is 0 Å². The van der Waals surface area contributed by atoms with Gasteiger partial charge < -0.3 is 14.5 Å². The normalized spacial score (nSPS) is 10.8. The van der Waals surface area contributed by atoms with Gasteiger partial charge in [0.25, 0.3) is 5.91 Å². The van der Waals surface area contributed by atoms with Crippen LogP contribution in [0.3, 0.4) is 0 Å². The molecule has 0 unspecified atom stereocenters. The fourth-order valence-electron chi connectivity index (χ4n) is 2.88. The maximum absolute atomic E-state index is 12.4. The van der Waals surface area contributed by atoms with E-state index < -0.39 is 0 Å². The summed E-state index contributed by atoms with van der Waals surface area (Å²) in [4.78, 5) is 12.4. The molecule has 4 aromatic rings. The highest BCUT2D eigenvalue weighted by Gasteiger charge is 2.12. The molecule has 30 heavy (non-hydrogen) atoms. The molecule has 0 aliphatic carbocycles. The van der Waals surface area contributed by atoms with Crippen LogP contribution < -0.4 is 10.1 Å². The van der Waals surface area contributed by atoms with Crippen LogP contribution in [0.15, 0.2) is 101 Å². The SMILES string of the molecule is O=C(Nc1ccc(/C=C/c2ccccc2)cc1)c1ccc(COc2ccccc2)o1. The lowest BCUT2D eigenvalue weighted by Gasteiger charge is -2.05. The molecule has 1 N–H and O–H groups in total. The molecule has 4 heteroatoms. The highest BCUT2D eigenvalue weighted by Crippen LogP contribution is 2.17. The molecule has 0 atom stereocenters. The molecule has 0 fully saturated rings. The van der Waals surface area contributed by atoms with Crippen LogP contribution in [-0.4, -0.2) is 5.91 Å². The highest BCUT2D eigenvalue weighted by atomic mass is 16.5. The fraction of sp³-hybridized carbons (Fsp3) is 0.0385. The summed E-state index contributed by atoms with van der Waals surface area (Å²) >= 11 is 0. The summed E-state index contributed by atoms with van der Waals surface area (Å²) in [7, 11) is 0. The van der Waals surface area contributed by atoms with Crippen molar-refractivity contribution in [1.29, 1.82) is 0 Å². The quantitative estimate of drug-likeness (QED) is 0.375. The minimum absolute atomic E-state index is 0.245. The molecule has 1 aromatic heterocycles. The molecular formula is C26H21NO3. The van der Waals surface area contributed by atoms with Crippen LogP contribution in [0.1, 0.15) is 27.4 Å². The minimum atomic E-state index is -0.298. The average molecular weight is 395 g/mol. The van der Waals surface area contributed by atoms with Gasteiger partial charge in [0, 0.05) is 5.69 Å². The molecule has 1 heterocycles. The van der Waals surface area contributed by atoms with Gasteiger partial charge in [0.1, 0.15) is 18.1 Å². The van der Waals surface area contributed by atoms with Gasteiger partial charge in [-0.05, 0) is 47.5 Å². The monoisotopic (exact) mass is 395 g/mol. The van der Waals surface area contributed by atoms with Crippen LogP contribution in [-0.2, 0) is 6.61 Å². The summed E-state index contributed by atoms with van der Waals surface area (Å²) in [6, 6.07) is 30.6. The van der Waals surface area contributed by atoms with Crippen molar-refractivity contribution < 1.29 is 13.9 Å². The van der Waals surface area contributed by atoms with Crippen molar-refractivity contribution in [1.82, 2.24) is 0 Å². The summed E-state index contributed by atoms with van der Waals surface area (Å²) < 4.78 is 11.2. The Morgan fingerprint density at radius 2 is 1.40 bits per heavy atom. The van der Waals surface area contributed by atoms with Crippen LogP contribution in [0.4, 0.5) is 5.69 Å². The zero-order chi connectivity index (χ0) is 20.6. The predicted octanol–water partition coefficient (Wildman–Crippen LogP) is 6.28. The Kier molecular flexibility index (Phi) is 6.06. The first kappa shape index (κ1) is 19.3. The second-order valence-electron chi connectivity index (χ2n) is 6.69. The molecule has 0 spiro atoms. The average Bonchev–Trinajstić information content (AvgIpc) is 3.28. The van der Waals surface area contributed by atoms with E-state index in [0.717, 1.165) is 16.9 Å². The lowest BCUT2D eigenvalue weighted by molar-refractivity contribution is 0.0992. The number of hydrogen-bond acceptors (Lipinski definition) is 3. The Balaban J connectivity index is 1.32. The first-order valence-electron chi connectivity index (χ1n) is 9.67. The van der Waals surface area contributed by atoms with Crippen LogP contribution in [0.25, 0.3) is 12.2 Å². The maximum atomic E-state index is 12.4. The number of furan rings is 1. The van der Waals surface area contributed by atoms with Gasteiger partial charge in [-0.1, -0.05) is 72.8 Å². The Morgan fingerprint density at radius 3 is 2.10 bits per heavy atom. The second-order valence-corrected chi connectivity index (χ2v) is 6.69. The zero-order valence-corrected chi connectivity index (χ0v) is 16.3. The van der Waals surface area contributed by atoms with E-state index in [-0.39, 0.29) is 18.3 Å². The number of anilines is 1. The molecule has 4 nitrogen and oxygen atoms in total. The third-order valence-corrected chi connectivity index (χ3v) is 4.45. The van der Waals surface area contributed by atoms with E-state index in [2.05, 4.69) is 11.4 Å². The lowest BCUT2D eigenvalue weighted by atomic mass is 10.1. The third kappa shape index (κ3) is 5.26. The van der Waals surface area contributed by atoms with Gasteiger partial charge in [0.2, 0.25) is 0 Å². The molecule has 1 amide bonds. The van der Waals surface area contributed by atoms with E-state index in [1.165, 1.54) is 0 Å². The van der Waals surface area contributed by atoms with Gasteiger partial charge in [0.15, 0.2) is 5.76 Å². The smallest absolute Gasteiger partial charge is 0.291 e. The van der Waals surface area contributed by atoms with Crippen LogP contribution >= 0.6 is 0 Å². The predicted molar refractivity (Wildman–Crippen MR) is 119 cm³/mol. The number of nitrogens with one attached hydrogen (secondary N) is 1. The van der Waals surface area contributed by atoms with Crippen molar-refractivity contribution in [2.45, 2.75) is 6.61 Å². The summed E-state index contributed by atoms with van der Waals surface area (Å²) in [6.07, 6.45) is 4.09. The number of benzene rings is 3. The number of ether oxygens (including phenoxy) is 1. The molecule has 0 aliphatic rings. The van der Waals surface area contributed by atoms with Crippen molar-refractivity contribution in [3.05, 3.63) is 120 Å². The number of para-hydroxylation sites is 1. The van der Waals surface area contributed by atoms with Crippen molar-refractivity contribution in [2.24, 2.45) is 0 Å². The van der Waals surface area contributed by atoms with E-state index in [1.807, 2.05) is 91.0 Å². The highest BCUT2D eigenvalue weighted by molar-refractivity contribution is 6.02. The van der Waals surface area contributed by atoms with Gasteiger partial charge in [-0.3, -0.25) is 4.79 Å². The topological polar surface area (TPSA) is 51.5 Å². The Morgan fingerprint density at radius 1 is 0.767 bits per heavy atom. The number of carbonyl (C=O) groups excluding carboxylic acids is 1. The Hall–Kier alpha value is -4.05. The summed E-state index contributed by atoms with van der Waals surface area (Å²) in [5.41, 5.74) is 2.89. The standard InChI is InChI=1S/C26H21NO3/c28-26(25-18-17-24(30-25)19-29-23-9-5-2-6-10-23)27-22-15-13-21(14-16-22)12-11-20-7-3-1-4-8-20/h1-18H,19H2,(H,27,28)/b12-11+. The fourth-order valence-corrected chi connectivity index (χ4v) is 2.88. The largest absolute Gasteiger partial charge is 0.486 e. The zero-order valence-electron chi connectivity index (χ0n) is 16.3. The van der Waals surface area contributed by atoms with E-state index in [9.17, 15) is 4.79 Å². The molecule has 0 saturated carbocycles.